The summed E-state index contributed by atoms with van der Waals surface area (Å²) in [5.41, 5.74) is -0.864. The topological polar surface area (TPSA) is 54.0 Å². The van der Waals surface area contributed by atoms with Crippen LogP contribution in [0.25, 0.3) is 0 Å². The third-order valence-corrected chi connectivity index (χ3v) is 4.10. The highest BCUT2D eigenvalue weighted by atomic mass is 32.2. The average molecular weight is 373 g/mol. The number of benzene rings is 1. The van der Waals surface area contributed by atoms with Gasteiger partial charge in [-0.15, -0.1) is 11.8 Å². The van der Waals surface area contributed by atoms with Gasteiger partial charge in [0.05, 0.1) is 11.3 Å². The molecule has 2 aromatic rings. The number of hydrogen-bond acceptors (Lipinski definition) is 4. The summed E-state index contributed by atoms with van der Waals surface area (Å²) in [6.07, 6.45) is -3.25. The molecule has 2 N–H and O–H groups in total. The molecular weight excluding hydrogens is 358 g/mol. The van der Waals surface area contributed by atoms with Crippen LogP contribution in [0.3, 0.4) is 0 Å². The lowest BCUT2D eigenvalue weighted by atomic mass is 10.2. The third kappa shape index (κ3) is 5.93. The fourth-order valence-electron chi connectivity index (χ4n) is 1.91. The van der Waals surface area contributed by atoms with E-state index in [4.69, 9.17) is 0 Å². The molecule has 0 aliphatic rings. The van der Waals surface area contributed by atoms with Crippen molar-refractivity contribution in [2.24, 2.45) is 0 Å². The second-order valence-corrected chi connectivity index (χ2v) is 5.91. The predicted molar refractivity (Wildman–Crippen MR) is 87.9 cm³/mol. The molecule has 2 rings (SSSR count). The van der Waals surface area contributed by atoms with E-state index in [9.17, 15) is 22.4 Å². The zero-order chi connectivity index (χ0) is 18.3. The highest BCUT2D eigenvalue weighted by Gasteiger charge is 2.33. The Balaban J connectivity index is 1.75. The first-order valence-corrected chi connectivity index (χ1v) is 8.26. The van der Waals surface area contributed by atoms with Gasteiger partial charge >= 0.3 is 6.18 Å². The Hall–Kier alpha value is -2.29. The molecule has 0 radical (unpaired) electrons. The van der Waals surface area contributed by atoms with Crippen LogP contribution in [0.5, 0.6) is 0 Å². The number of halogens is 4. The summed E-state index contributed by atoms with van der Waals surface area (Å²) in [4.78, 5) is 15.7. The van der Waals surface area contributed by atoms with Crippen molar-refractivity contribution in [2.45, 2.75) is 11.1 Å². The van der Waals surface area contributed by atoms with Crippen molar-refractivity contribution in [2.75, 3.05) is 24.2 Å². The molecular formula is C16H15F4N3OS. The minimum Gasteiger partial charge on any atom is -0.368 e. The molecule has 0 aliphatic heterocycles. The van der Waals surface area contributed by atoms with Crippen molar-refractivity contribution < 1.29 is 22.4 Å². The summed E-state index contributed by atoms with van der Waals surface area (Å²) < 4.78 is 51.8. The fourth-order valence-corrected chi connectivity index (χ4v) is 2.68. The molecule has 0 spiro atoms. The van der Waals surface area contributed by atoms with Gasteiger partial charge in [0.25, 0.3) is 0 Å². The molecule has 25 heavy (non-hydrogen) atoms. The van der Waals surface area contributed by atoms with E-state index in [1.165, 1.54) is 18.3 Å². The molecule has 0 saturated carbocycles. The molecule has 0 aliphatic carbocycles. The van der Waals surface area contributed by atoms with Crippen molar-refractivity contribution >= 4 is 23.5 Å². The van der Waals surface area contributed by atoms with Gasteiger partial charge in [-0.1, -0.05) is 12.1 Å². The minimum absolute atomic E-state index is 0.0122. The van der Waals surface area contributed by atoms with Gasteiger partial charge in [-0.05, 0) is 24.3 Å². The molecule has 0 saturated heterocycles. The molecule has 1 amide bonds. The molecule has 9 heteroatoms. The van der Waals surface area contributed by atoms with E-state index in [-0.39, 0.29) is 30.6 Å². The minimum atomic E-state index is -4.50. The number of hydrogen-bond donors (Lipinski definition) is 2. The number of carbonyl (C=O) groups is 1. The molecule has 4 nitrogen and oxygen atoms in total. The predicted octanol–water partition coefficient (Wildman–Crippen LogP) is 3.56. The smallest absolute Gasteiger partial charge is 0.368 e. The van der Waals surface area contributed by atoms with Crippen LogP contribution in [0.4, 0.5) is 23.4 Å². The maximum absolute atomic E-state index is 13.4. The number of aromatic nitrogens is 1. The molecule has 0 atom stereocenters. The van der Waals surface area contributed by atoms with Gasteiger partial charge in [-0.3, -0.25) is 4.79 Å². The SMILES string of the molecule is O=C(CSc1ccccc1F)NCCNc1ncccc1C(F)(F)F. The van der Waals surface area contributed by atoms with E-state index < -0.39 is 17.6 Å². The van der Waals surface area contributed by atoms with Crippen LogP contribution >= 0.6 is 11.8 Å². The molecule has 1 heterocycles. The Morgan fingerprint density at radius 3 is 2.60 bits per heavy atom. The van der Waals surface area contributed by atoms with Crippen molar-refractivity contribution in [3.05, 3.63) is 54.0 Å². The Kier molecular flexibility index (Phi) is 6.63. The van der Waals surface area contributed by atoms with E-state index >= 15 is 0 Å². The first-order valence-electron chi connectivity index (χ1n) is 7.28. The number of amides is 1. The molecule has 0 unspecified atom stereocenters. The number of rotatable bonds is 7. The second-order valence-electron chi connectivity index (χ2n) is 4.89. The normalized spacial score (nSPS) is 11.2. The zero-order valence-electron chi connectivity index (χ0n) is 12.9. The summed E-state index contributed by atoms with van der Waals surface area (Å²) in [5, 5.41) is 5.09. The fraction of sp³-hybridized carbons (Fsp3) is 0.250. The number of nitrogens with zero attached hydrogens (tertiary/aromatic N) is 1. The first-order chi connectivity index (χ1) is 11.9. The van der Waals surface area contributed by atoms with Crippen molar-refractivity contribution in [1.82, 2.24) is 10.3 Å². The Morgan fingerprint density at radius 2 is 1.88 bits per heavy atom. The largest absolute Gasteiger partial charge is 0.419 e. The molecule has 0 fully saturated rings. The molecule has 134 valence electrons. The number of anilines is 1. The maximum atomic E-state index is 13.4. The van der Waals surface area contributed by atoms with Crippen LogP contribution in [-0.2, 0) is 11.0 Å². The van der Waals surface area contributed by atoms with Gasteiger partial charge in [0.15, 0.2) is 0 Å². The van der Waals surface area contributed by atoms with Gasteiger partial charge in [-0.2, -0.15) is 13.2 Å². The number of carbonyl (C=O) groups excluding carboxylic acids is 1. The lowest BCUT2D eigenvalue weighted by Crippen LogP contribution is -2.30. The quantitative estimate of drug-likeness (QED) is 0.443. The average Bonchev–Trinajstić information content (AvgIpc) is 2.57. The number of thioether (sulfide) groups is 1. The maximum Gasteiger partial charge on any atom is 0.419 e. The van der Waals surface area contributed by atoms with Crippen molar-refractivity contribution in [3.8, 4) is 0 Å². The van der Waals surface area contributed by atoms with Crippen LogP contribution in [-0.4, -0.2) is 29.7 Å². The lowest BCUT2D eigenvalue weighted by Gasteiger charge is -2.13. The third-order valence-electron chi connectivity index (χ3n) is 3.05. The van der Waals surface area contributed by atoms with Crippen molar-refractivity contribution in [1.29, 1.82) is 0 Å². The van der Waals surface area contributed by atoms with Crippen molar-refractivity contribution in [3.63, 3.8) is 0 Å². The van der Waals surface area contributed by atoms with Gasteiger partial charge in [0.2, 0.25) is 5.91 Å². The lowest BCUT2D eigenvalue weighted by molar-refractivity contribution is -0.137. The van der Waals surface area contributed by atoms with E-state index in [1.807, 2.05) is 0 Å². The summed E-state index contributed by atoms with van der Waals surface area (Å²) in [5.74, 6) is -1.02. The first kappa shape index (κ1) is 19.0. The van der Waals surface area contributed by atoms with Crippen LogP contribution in [0.1, 0.15) is 5.56 Å². The monoisotopic (exact) mass is 373 g/mol. The highest BCUT2D eigenvalue weighted by molar-refractivity contribution is 8.00. The van der Waals surface area contributed by atoms with E-state index in [1.54, 1.807) is 18.2 Å². The summed E-state index contributed by atoms with van der Waals surface area (Å²) in [6, 6.07) is 8.22. The van der Waals surface area contributed by atoms with E-state index in [0.717, 1.165) is 17.8 Å². The van der Waals surface area contributed by atoms with E-state index in [2.05, 4.69) is 15.6 Å². The summed E-state index contributed by atoms with van der Waals surface area (Å²) >= 11 is 1.05. The molecule has 1 aromatic heterocycles. The van der Waals surface area contributed by atoms with Gasteiger partial charge in [0.1, 0.15) is 11.6 Å². The summed E-state index contributed by atoms with van der Waals surface area (Å²) in [7, 11) is 0. The Bertz CT molecular complexity index is 725. The molecule has 0 bridgehead atoms. The highest BCUT2D eigenvalue weighted by Crippen LogP contribution is 2.33. The van der Waals surface area contributed by atoms with Crippen LogP contribution in [0.2, 0.25) is 0 Å². The van der Waals surface area contributed by atoms with Crippen LogP contribution in [0.15, 0.2) is 47.5 Å². The van der Waals surface area contributed by atoms with Crippen LogP contribution < -0.4 is 10.6 Å². The van der Waals surface area contributed by atoms with E-state index in [0.29, 0.717) is 4.90 Å². The number of nitrogens with one attached hydrogen (secondary N) is 2. The molecule has 1 aromatic carbocycles. The zero-order valence-corrected chi connectivity index (χ0v) is 13.8. The standard InChI is InChI=1S/C16H15F4N3OS/c17-12-5-1-2-6-13(12)25-10-14(24)21-8-9-23-15-11(16(18,19)20)4-3-7-22-15/h1-7H,8-10H2,(H,21,24)(H,22,23). The van der Waals surface area contributed by atoms with Gasteiger partial charge in [-0.25, -0.2) is 9.37 Å². The Labute approximate surface area is 146 Å². The second kappa shape index (κ2) is 8.70. The number of alkyl halides is 3. The van der Waals surface area contributed by atoms with Gasteiger partial charge < -0.3 is 10.6 Å². The Morgan fingerprint density at radius 1 is 1.12 bits per heavy atom. The number of pyridine rings is 1. The van der Waals surface area contributed by atoms with Gasteiger partial charge in [0, 0.05) is 24.2 Å². The van der Waals surface area contributed by atoms with Crippen LogP contribution in [0, 0.1) is 5.82 Å². The summed E-state index contributed by atoms with van der Waals surface area (Å²) in [6.45, 7) is 0.195.